The van der Waals surface area contributed by atoms with Gasteiger partial charge >= 0.3 is 0 Å². The second-order valence-corrected chi connectivity index (χ2v) is 7.01. The van der Waals surface area contributed by atoms with E-state index in [9.17, 15) is 9.59 Å². The van der Waals surface area contributed by atoms with Crippen LogP contribution in [0.3, 0.4) is 0 Å². The first kappa shape index (κ1) is 21.0. The van der Waals surface area contributed by atoms with Crippen LogP contribution in [0.4, 0.5) is 0 Å². The lowest BCUT2D eigenvalue weighted by Gasteiger charge is -2.26. The van der Waals surface area contributed by atoms with Crippen molar-refractivity contribution in [3.8, 4) is 0 Å². The van der Waals surface area contributed by atoms with Crippen LogP contribution >= 0.6 is 0 Å². The zero-order chi connectivity index (χ0) is 20.3. The summed E-state index contributed by atoms with van der Waals surface area (Å²) in [7, 11) is 0. The topological polar surface area (TPSA) is 83.6 Å². The van der Waals surface area contributed by atoms with E-state index in [1.165, 1.54) is 0 Å². The number of pyridine rings is 1. The predicted molar refractivity (Wildman–Crippen MR) is 110 cm³/mol. The van der Waals surface area contributed by atoms with E-state index in [1.54, 1.807) is 6.20 Å². The molecule has 7 nitrogen and oxygen atoms in total. The van der Waals surface area contributed by atoms with Gasteiger partial charge in [-0.05, 0) is 17.7 Å². The maximum atomic E-state index is 12.8. The highest BCUT2D eigenvalue weighted by Gasteiger charge is 2.22. The zero-order valence-electron chi connectivity index (χ0n) is 16.5. The number of carbonyl (C=O) groups excluding carboxylic acids is 2. The molecule has 0 aliphatic carbocycles. The fourth-order valence-corrected chi connectivity index (χ4v) is 3.31. The Morgan fingerprint density at radius 1 is 1.03 bits per heavy atom. The molecule has 7 heteroatoms. The molecule has 2 aromatic rings. The van der Waals surface area contributed by atoms with Crippen molar-refractivity contribution in [3.63, 3.8) is 0 Å². The summed E-state index contributed by atoms with van der Waals surface area (Å²) in [6, 6.07) is 15.2. The van der Waals surface area contributed by atoms with Gasteiger partial charge in [-0.2, -0.15) is 0 Å². The van der Waals surface area contributed by atoms with Crippen molar-refractivity contribution >= 4 is 11.8 Å². The predicted octanol–water partition coefficient (Wildman–Crippen LogP) is 0.973. The minimum Gasteiger partial charge on any atom is -0.379 e. The zero-order valence-corrected chi connectivity index (χ0v) is 16.5. The fourth-order valence-electron chi connectivity index (χ4n) is 3.31. The lowest BCUT2D eigenvalue weighted by Crippen LogP contribution is -2.44. The number of ether oxygens (including phenoxy) is 1. The van der Waals surface area contributed by atoms with E-state index in [0.717, 1.165) is 44.1 Å². The molecule has 1 saturated heterocycles. The van der Waals surface area contributed by atoms with Crippen LogP contribution in [0.25, 0.3) is 0 Å². The van der Waals surface area contributed by atoms with Crippen molar-refractivity contribution in [3.05, 3.63) is 66.0 Å². The molecule has 154 valence electrons. The highest BCUT2D eigenvalue weighted by Crippen LogP contribution is 2.20. The minimum atomic E-state index is -0.396. The molecular weight excluding hydrogens is 368 g/mol. The van der Waals surface area contributed by atoms with Gasteiger partial charge in [0.15, 0.2) is 0 Å². The van der Waals surface area contributed by atoms with Gasteiger partial charge in [0.05, 0.1) is 25.7 Å². The second kappa shape index (κ2) is 11.3. The average molecular weight is 396 g/mol. The molecular formula is C22H28N4O3. The summed E-state index contributed by atoms with van der Waals surface area (Å²) >= 11 is 0. The highest BCUT2D eigenvalue weighted by atomic mass is 16.5. The molecule has 2 N–H and O–H groups in total. The fraction of sp³-hybridized carbons (Fsp3) is 0.409. The van der Waals surface area contributed by atoms with Gasteiger partial charge < -0.3 is 15.4 Å². The van der Waals surface area contributed by atoms with Crippen LogP contribution < -0.4 is 10.6 Å². The molecule has 1 aromatic heterocycles. The van der Waals surface area contributed by atoms with Crippen LogP contribution in [0.5, 0.6) is 0 Å². The second-order valence-electron chi connectivity index (χ2n) is 7.01. The normalized spacial score (nSPS) is 15.4. The number of carbonyl (C=O) groups is 2. The molecule has 3 rings (SSSR count). The molecule has 0 bridgehead atoms. The number of aromatic nitrogens is 1. The molecule has 2 amide bonds. The third-order valence-corrected chi connectivity index (χ3v) is 4.93. The van der Waals surface area contributed by atoms with E-state index in [0.29, 0.717) is 13.0 Å². The first-order valence-corrected chi connectivity index (χ1v) is 10.0. The van der Waals surface area contributed by atoms with Crippen molar-refractivity contribution in [2.24, 2.45) is 0 Å². The van der Waals surface area contributed by atoms with Crippen LogP contribution in [0, 0.1) is 0 Å². The van der Waals surface area contributed by atoms with Crippen molar-refractivity contribution in [1.82, 2.24) is 20.5 Å². The van der Waals surface area contributed by atoms with Crippen molar-refractivity contribution in [2.45, 2.75) is 12.3 Å². The van der Waals surface area contributed by atoms with Gasteiger partial charge in [0, 0.05) is 44.5 Å². The standard InChI is InChI=1S/C22H28N4O3/c27-21(24-10-11-26-12-14-29-15-13-26)17-25-22(28)20(18-6-2-1-3-7-18)16-19-8-4-5-9-23-19/h1-9,20H,10-17H2,(H,24,27)(H,25,28). The molecule has 1 aliphatic rings. The largest absolute Gasteiger partial charge is 0.379 e. The van der Waals surface area contributed by atoms with Crippen molar-refractivity contribution in [2.75, 3.05) is 45.9 Å². The minimum absolute atomic E-state index is 0.0342. The Morgan fingerprint density at radius 2 is 1.79 bits per heavy atom. The molecule has 1 aliphatic heterocycles. The van der Waals surface area contributed by atoms with E-state index < -0.39 is 5.92 Å². The van der Waals surface area contributed by atoms with Crippen LogP contribution in [0.1, 0.15) is 17.2 Å². The Bertz CT molecular complexity index is 764. The summed E-state index contributed by atoms with van der Waals surface area (Å²) in [5.41, 5.74) is 1.75. The maximum absolute atomic E-state index is 12.8. The summed E-state index contributed by atoms with van der Waals surface area (Å²) in [6.45, 7) is 4.56. The summed E-state index contributed by atoms with van der Waals surface area (Å²) < 4.78 is 5.31. The number of rotatable bonds is 9. The molecule has 2 heterocycles. The molecule has 0 radical (unpaired) electrons. The summed E-state index contributed by atoms with van der Waals surface area (Å²) in [4.78, 5) is 31.5. The Morgan fingerprint density at radius 3 is 2.52 bits per heavy atom. The van der Waals surface area contributed by atoms with E-state index in [2.05, 4.69) is 20.5 Å². The van der Waals surface area contributed by atoms with Gasteiger partial charge in [-0.25, -0.2) is 0 Å². The van der Waals surface area contributed by atoms with E-state index in [1.807, 2.05) is 48.5 Å². The number of hydrogen-bond donors (Lipinski definition) is 2. The number of nitrogens with one attached hydrogen (secondary N) is 2. The number of hydrogen-bond acceptors (Lipinski definition) is 5. The van der Waals surface area contributed by atoms with E-state index in [4.69, 9.17) is 4.74 Å². The number of benzene rings is 1. The molecule has 29 heavy (non-hydrogen) atoms. The first-order chi connectivity index (χ1) is 14.2. The van der Waals surface area contributed by atoms with Crippen LogP contribution in [-0.2, 0) is 20.7 Å². The summed E-state index contributed by atoms with van der Waals surface area (Å²) in [6.07, 6.45) is 2.20. The van der Waals surface area contributed by atoms with Gasteiger partial charge in [-0.3, -0.25) is 19.5 Å². The number of morpholine rings is 1. The maximum Gasteiger partial charge on any atom is 0.239 e. The molecule has 0 spiro atoms. The molecule has 1 unspecified atom stereocenters. The van der Waals surface area contributed by atoms with Gasteiger partial charge in [-0.1, -0.05) is 36.4 Å². The summed E-state index contributed by atoms with van der Waals surface area (Å²) in [5.74, 6) is -0.756. The number of amides is 2. The van der Waals surface area contributed by atoms with Gasteiger partial charge in [0.2, 0.25) is 11.8 Å². The Kier molecular flexibility index (Phi) is 8.15. The van der Waals surface area contributed by atoms with Crippen LogP contribution in [0.2, 0.25) is 0 Å². The van der Waals surface area contributed by atoms with Gasteiger partial charge in [0.25, 0.3) is 0 Å². The Hall–Kier alpha value is -2.77. The molecule has 1 atom stereocenters. The van der Waals surface area contributed by atoms with Gasteiger partial charge in [-0.15, -0.1) is 0 Å². The average Bonchev–Trinajstić information content (AvgIpc) is 2.78. The lowest BCUT2D eigenvalue weighted by molar-refractivity contribution is -0.127. The number of nitrogens with zero attached hydrogens (tertiary/aromatic N) is 2. The third kappa shape index (κ3) is 6.96. The Labute approximate surface area is 171 Å². The van der Waals surface area contributed by atoms with Crippen molar-refractivity contribution < 1.29 is 14.3 Å². The molecule has 1 aromatic carbocycles. The highest BCUT2D eigenvalue weighted by molar-refractivity contribution is 5.88. The first-order valence-electron chi connectivity index (χ1n) is 10.0. The van der Waals surface area contributed by atoms with Gasteiger partial charge in [0.1, 0.15) is 0 Å². The van der Waals surface area contributed by atoms with E-state index >= 15 is 0 Å². The quantitative estimate of drug-likeness (QED) is 0.660. The van der Waals surface area contributed by atoms with Crippen LogP contribution in [0.15, 0.2) is 54.7 Å². The monoisotopic (exact) mass is 396 g/mol. The molecule has 1 fully saturated rings. The van der Waals surface area contributed by atoms with Crippen molar-refractivity contribution in [1.29, 1.82) is 0 Å². The van der Waals surface area contributed by atoms with Crippen LogP contribution in [-0.4, -0.2) is 67.6 Å². The summed E-state index contributed by atoms with van der Waals surface area (Å²) in [5, 5.41) is 5.64. The smallest absolute Gasteiger partial charge is 0.239 e. The third-order valence-electron chi connectivity index (χ3n) is 4.93. The Balaban J connectivity index is 1.49. The van der Waals surface area contributed by atoms with E-state index in [-0.39, 0.29) is 18.4 Å². The SMILES string of the molecule is O=C(CNC(=O)C(Cc1ccccn1)c1ccccc1)NCCN1CCOCC1. The molecule has 0 saturated carbocycles. The lowest BCUT2D eigenvalue weighted by atomic mass is 9.93.